The molecule has 1 aromatic heterocycles. The van der Waals surface area contributed by atoms with Gasteiger partial charge in [-0.2, -0.15) is 0 Å². The van der Waals surface area contributed by atoms with Gasteiger partial charge in [0.2, 0.25) is 0 Å². The topological polar surface area (TPSA) is 79.6 Å². The lowest BCUT2D eigenvalue weighted by atomic mass is 10.2. The Morgan fingerprint density at radius 1 is 1.21 bits per heavy atom. The van der Waals surface area contributed by atoms with Gasteiger partial charge in [-0.3, -0.25) is 9.69 Å². The third-order valence-electron chi connectivity index (χ3n) is 3.92. The number of rotatable bonds is 4. The van der Waals surface area contributed by atoms with Crippen LogP contribution >= 0.6 is 11.8 Å². The largest absolute Gasteiger partial charge is 0.503 e. The van der Waals surface area contributed by atoms with Crippen molar-refractivity contribution in [3.8, 4) is 5.75 Å². The fourth-order valence-electron chi connectivity index (χ4n) is 2.50. The number of aryl methyl sites for hydroxylation is 1. The molecule has 0 spiro atoms. The maximum Gasteiger partial charge on any atom is 0.306 e. The highest BCUT2D eigenvalue weighted by atomic mass is 32.2. The number of hydrogen-bond donors (Lipinski definition) is 1. The van der Waals surface area contributed by atoms with Crippen LogP contribution in [0.1, 0.15) is 11.1 Å². The summed E-state index contributed by atoms with van der Waals surface area (Å²) in [7, 11) is -4.03. The first-order chi connectivity index (χ1) is 11.4. The summed E-state index contributed by atoms with van der Waals surface area (Å²) in [5.41, 5.74) is 0.445. The van der Waals surface area contributed by atoms with Crippen LogP contribution in [0.5, 0.6) is 5.75 Å². The van der Waals surface area contributed by atoms with Crippen LogP contribution in [0, 0.1) is 6.92 Å². The quantitative estimate of drug-likeness (QED) is 0.886. The highest BCUT2D eigenvalue weighted by molar-refractivity contribution is 7.99. The van der Waals surface area contributed by atoms with Gasteiger partial charge >= 0.3 is 5.56 Å². The van der Waals surface area contributed by atoms with E-state index in [0.717, 1.165) is 23.7 Å². The van der Waals surface area contributed by atoms with E-state index in [2.05, 4.69) is 4.90 Å². The van der Waals surface area contributed by atoms with Gasteiger partial charge in [-0.25, -0.2) is 12.4 Å². The van der Waals surface area contributed by atoms with Gasteiger partial charge in [0.15, 0.2) is 5.75 Å². The molecule has 1 aromatic carbocycles. The Bertz CT molecular complexity index is 899. The van der Waals surface area contributed by atoms with Crippen LogP contribution in [0.25, 0.3) is 0 Å². The van der Waals surface area contributed by atoms with Gasteiger partial charge in [0.1, 0.15) is 0 Å². The molecule has 0 bridgehead atoms. The predicted octanol–water partition coefficient (Wildman–Crippen LogP) is 1.61. The highest BCUT2D eigenvalue weighted by Crippen LogP contribution is 2.21. The molecule has 0 unspecified atom stereocenters. The molecule has 128 valence electrons. The lowest BCUT2D eigenvalue weighted by Gasteiger charge is -2.15. The van der Waals surface area contributed by atoms with Crippen molar-refractivity contribution in [3.63, 3.8) is 0 Å². The lowest BCUT2D eigenvalue weighted by molar-refractivity contribution is 0.338. The average molecular weight is 366 g/mol. The smallest absolute Gasteiger partial charge is 0.306 e. The van der Waals surface area contributed by atoms with Gasteiger partial charge in [-0.05, 0) is 25.1 Å². The van der Waals surface area contributed by atoms with Crippen molar-refractivity contribution in [2.24, 2.45) is 0 Å². The van der Waals surface area contributed by atoms with Crippen molar-refractivity contribution >= 4 is 21.8 Å². The first kappa shape index (κ1) is 17.1. The van der Waals surface area contributed by atoms with E-state index in [1.54, 1.807) is 23.9 Å². The van der Waals surface area contributed by atoms with Gasteiger partial charge in [0, 0.05) is 36.5 Å². The lowest BCUT2D eigenvalue weighted by Crippen LogP contribution is -2.28. The van der Waals surface area contributed by atoms with E-state index in [1.165, 1.54) is 24.4 Å². The zero-order valence-electron chi connectivity index (χ0n) is 13.2. The van der Waals surface area contributed by atoms with E-state index in [-0.39, 0.29) is 4.90 Å². The SMILES string of the molecule is Cc1ccc(S(=O)(=O)n2ccc(CN3CCSC3)c(O)c2=O)cc1. The summed E-state index contributed by atoms with van der Waals surface area (Å²) in [4.78, 5) is 14.5. The highest BCUT2D eigenvalue weighted by Gasteiger charge is 2.22. The van der Waals surface area contributed by atoms with E-state index >= 15 is 0 Å². The normalized spacial score (nSPS) is 15.7. The Hall–Kier alpha value is -1.77. The molecule has 0 radical (unpaired) electrons. The van der Waals surface area contributed by atoms with E-state index in [4.69, 9.17) is 0 Å². The molecule has 1 aliphatic heterocycles. The second-order valence-electron chi connectivity index (χ2n) is 5.70. The molecule has 2 heterocycles. The molecule has 8 heteroatoms. The Kier molecular flexibility index (Phi) is 4.71. The van der Waals surface area contributed by atoms with Crippen LogP contribution < -0.4 is 5.56 Å². The second kappa shape index (κ2) is 6.62. The van der Waals surface area contributed by atoms with Gasteiger partial charge in [0.25, 0.3) is 10.0 Å². The fourth-order valence-corrected chi connectivity index (χ4v) is 4.73. The van der Waals surface area contributed by atoms with E-state index in [1.807, 2.05) is 6.92 Å². The van der Waals surface area contributed by atoms with Crippen LogP contribution in [-0.4, -0.2) is 40.6 Å². The van der Waals surface area contributed by atoms with Crippen molar-refractivity contribution in [2.75, 3.05) is 18.2 Å². The van der Waals surface area contributed by atoms with Crippen molar-refractivity contribution in [1.82, 2.24) is 8.87 Å². The maximum atomic E-state index is 12.6. The average Bonchev–Trinajstić information content (AvgIpc) is 3.05. The van der Waals surface area contributed by atoms with Crippen LogP contribution in [0.15, 0.2) is 46.2 Å². The molecule has 0 amide bonds. The summed E-state index contributed by atoms with van der Waals surface area (Å²) in [5, 5.41) is 10.2. The number of benzene rings is 1. The molecule has 0 saturated carbocycles. The first-order valence-corrected chi connectivity index (χ1v) is 10.0. The molecule has 0 atom stereocenters. The Morgan fingerprint density at radius 3 is 2.54 bits per heavy atom. The number of nitrogens with zero attached hydrogens (tertiary/aromatic N) is 2. The van der Waals surface area contributed by atoms with E-state index in [9.17, 15) is 18.3 Å². The maximum absolute atomic E-state index is 12.6. The summed E-state index contributed by atoms with van der Waals surface area (Å²) < 4.78 is 25.8. The number of thioether (sulfide) groups is 1. The van der Waals surface area contributed by atoms with E-state index < -0.39 is 21.3 Å². The summed E-state index contributed by atoms with van der Waals surface area (Å²) in [6.45, 7) is 3.16. The molecule has 1 saturated heterocycles. The minimum atomic E-state index is -4.03. The van der Waals surface area contributed by atoms with Gasteiger partial charge in [-0.1, -0.05) is 17.7 Å². The molecular formula is C16H18N2O4S2. The number of aromatic hydroxyl groups is 1. The Balaban J connectivity index is 1.98. The van der Waals surface area contributed by atoms with Crippen molar-refractivity contribution in [3.05, 3.63) is 58.0 Å². The number of hydrogen-bond acceptors (Lipinski definition) is 6. The fraction of sp³-hybridized carbons (Fsp3) is 0.312. The van der Waals surface area contributed by atoms with Crippen molar-refractivity contribution in [1.29, 1.82) is 0 Å². The molecule has 1 fully saturated rings. The number of pyridine rings is 1. The Morgan fingerprint density at radius 2 is 1.92 bits per heavy atom. The minimum absolute atomic E-state index is 0.0123. The summed E-state index contributed by atoms with van der Waals surface area (Å²) in [6.07, 6.45) is 1.22. The third kappa shape index (κ3) is 3.22. The van der Waals surface area contributed by atoms with Gasteiger partial charge in [-0.15, -0.1) is 11.8 Å². The zero-order chi connectivity index (χ0) is 17.3. The van der Waals surface area contributed by atoms with Crippen molar-refractivity contribution < 1.29 is 13.5 Å². The monoisotopic (exact) mass is 366 g/mol. The van der Waals surface area contributed by atoms with Crippen LogP contribution in [0.2, 0.25) is 0 Å². The third-order valence-corrected chi connectivity index (χ3v) is 6.61. The number of aromatic nitrogens is 1. The molecule has 1 N–H and O–H groups in total. The molecule has 6 nitrogen and oxygen atoms in total. The summed E-state index contributed by atoms with van der Waals surface area (Å²) in [6, 6.07) is 7.72. The molecule has 1 aliphatic rings. The van der Waals surface area contributed by atoms with Crippen LogP contribution in [-0.2, 0) is 16.6 Å². The molecule has 24 heavy (non-hydrogen) atoms. The Labute approximate surface area is 144 Å². The second-order valence-corrected chi connectivity index (χ2v) is 8.59. The standard InChI is InChI=1S/C16H18N2O4S2/c1-12-2-4-14(5-3-12)24(21,22)18-7-6-13(15(19)16(18)20)10-17-8-9-23-11-17/h2-7,19H,8-11H2,1H3. The predicted molar refractivity (Wildman–Crippen MR) is 93.9 cm³/mol. The molecule has 0 aliphatic carbocycles. The first-order valence-electron chi connectivity index (χ1n) is 7.45. The van der Waals surface area contributed by atoms with Gasteiger partial charge in [0.05, 0.1) is 4.90 Å². The molecule has 2 aromatic rings. The molecule has 3 rings (SSSR count). The summed E-state index contributed by atoms with van der Waals surface area (Å²) >= 11 is 1.78. The van der Waals surface area contributed by atoms with Crippen LogP contribution in [0.3, 0.4) is 0 Å². The minimum Gasteiger partial charge on any atom is -0.503 e. The van der Waals surface area contributed by atoms with Gasteiger partial charge < -0.3 is 5.11 Å². The zero-order valence-corrected chi connectivity index (χ0v) is 14.8. The van der Waals surface area contributed by atoms with Crippen LogP contribution in [0.4, 0.5) is 0 Å². The van der Waals surface area contributed by atoms with Crippen molar-refractivity contribution in [2.45, 2.75) is 18.4 Å². The molecular weight excluding hydrogens is 348 g/mol. The summed E-state index contributed by atoms with van der Waals surface area (Å²) in [5.74, 6) is 1.34. The van der Waals surface area contributed by atoms with E-state index in [0.29, 0.717) is 16.1 Å².